The molecule has 0 aliphatic rings. The van der Waals surface area contributed by atoms with E-state index >= 15 is 0 Å². The van der Waals surface area contributed by atoms with Gasteiger partial charge in [0.25, 0.3) is 5.56 Å². The molecule has 146 valence electrons. The van der Waals surface area contributed by atoms with E-state index in [0.29, 0.717) is 0 Å². The fraction of sp³-hybridized carbons (Fsp3) is 0.0952. The summed E-state index contributed by atoms with van der Waals surface area (Å²) in [6.45, 7) is 0. The van der Waals surface area contributed by atoms with Gasteiger partial charge in [-0.2, -0.15) is 18.2 Å². The molecule has 1 N–H and O–H groups in total. The van der Waals surface area contributed by atoms with Crippen LogP contribution in [-0.2, 0) is 12.6 Å². The average Bonchev–Trinajstić information content (AvgIpc) is 3.21. The van der Waals surface area contributed by atoms with Crippen LogP contribution in [0.2, 0.25) is 0 Å². The highest BCUT2D eigenvalue weighted by molar-refractivity contribution is 5.64. The van der Waals surface area contributed by atoms with Crippen molar-refractivity contribution in [1.82, 2.24) is 15.1 Å². The quantitative estimate of drug-likeness (QED) is 0.542. The Kier molecular flexibility index (Phi) is 4.75. The first kappa shape index (κ1) is 18.7. The summed E-state index contributed by atoms with van der Waals surface area (Å²) in [7, 11) is 0. The minimum Gasteiger partial charge on any atom is -0.329 e. The topological polar surface area (TPSA) is 71.8 Å². The number of aromatic nitrogens is 3. The van der Waals surface area contributed by atoms with Gasteiger partial charge in [-0.1, -0.05) is 59.8 Å². The number of H-pyrrole nitrogens is 1. The number of rotatable bonds is 4. The molecule has 0 saturated heterocycles. The van der Waals surface area contributed by atoms with Gasteiger partial charge in [0.2, 0.25) is 5.82 Å². The Bertz CT molecular complexity index is 1180. The van der Waals surface area contributed by atoms with Gasteiger partial charge in [-0.25, -0.2) is 0 Å². The van der Waals surface area contributed by atoms with Crippen LogP contribution in [0.25, 0.3) is 22.5 Å². The maximum atomic E-state index is 12.8. The zero-order chi connectivity index (χ0) is 20.4. The van der Waals surface area contributed by atoms with Crippen molar-refractivity contribution in [2.75, 3.05) is 0 Å². The van der Waals surface area contributed by atoms with Crippen LogP contribution in [0.3, 0.4) is 0 Å². The predicted octanol–water partition coefficient (Wildman–Crippen LogP) is 4.70. The Balaban J connectivity index is 1.66. The third-order valence-electron chi connectivity index (χ3n) is 4.42. The van der Waals surface area contributed by atoms with Crippen LogP contribution in [0.4, 0.5) is 13.2 Å². The summed E-state index contributed by atoms with van der Waals surface area (Å²) >= 11 is 0. The van der Waals surface area contributed by atoms with Crippen molar-refractivity contribution in [2.24, 2.45) is 0 Å². The molecule has 0 spiro atoms. The molecule has 0 unspecified atom stereocenters. The lowest BCUT2D eigenvalue weighted by molar-refractivity contribution is -0.159. The molecule has 0 radical (unpaired) electrons. The summed E-state index contributed by atoms with van der Waals surface area (Å²) in [4.78, 5) is 18.3. The van der Waals surface area contributed by atoms with E-state index in [1.165, 1.54) is 12.3 Å². The van der Waals surface area contributed by atoms with Gasteiger partial charge >= 0.3 is 12.1 Å². The summed E-state index contributed by atoms with van der Waals surface area (Å²) in [6.07, 6.45) is -3.21. The van der Waals surface area contributed by atoms with E-state index in [-0.39, 0.29) is 23.4 Å². The number of halogens is 3. The Morgan fingerprint density at radius 2 is 1.62 bits per heavy atom. The Hall–Kier alpha value is -3.68. The molecule has 0 fully saturated rings. The van der Waals surface area contributed by atoms with Gasteiger partial charge < -0.3 is 9.51 Å². The number of benzene rings is 2. The fourth-order valence-corrected chi connectivity index (χ4v) is 2.99. The molecular formula is C21H14F3N3O2. The van der Waals surface area contributed by atoms with Crippen molar-refractivity contribution in [3.63, 3.8) is 0 Å². The Labute approximate surface area is 162 Å². The number of aromatic amines is 1. The van der Waals surface area contributed by atoms with E-state index in [9.17, 15) is 18.0 Å². The summed E-state index contributed by atoms with van der Waals surface area (Å²) in [5.74, 6) is -1.73. The molecule has 0 saturated carbocycles. The van der Waals surface area contributed by atoms with Crippen molar-refractivity contribution in [3.8, 4) is 22.5 Å². The Morgan fingerprint density at radius 3 is 2.28 bits per heavy atom. The first-order valence-corrected chi connectivity index (χ1v) is 8.68. The number of hydrogen-bond acceptors (Lipinski definition) is 4. The van der Waals surface area contributed by atoms with Gasteiger partial charge in [-0.05, 0) is 22.8 Å². The first-order chi connectivity index (χ1) is 13.9. The SMILES string of the molecule is O=c1[nH]ccc(-c2noc(C(F)(F)F)n2)c1Cc1ccc(-c2ccccc2)cc1. The van der Waals surface area contributed by atoms with E-state index < -0.39 is 17.6 Å². The van der Waals surface area contributed by atoms with E-state index in [0.717, 1.165) is 16.7 Å². The number of alkyl halides is 3. The molecule has 0 bridgehead atoms. The number of nitrogens with zero attached hydrogens (tertiary/aromatic N) is 2. The van der Waals surface area contributed by atoms with Crippen LogP contribution in [0.1, 0.15) is 17.0 Å². The number of pyridine rings is 1. The van der Waals surface area contributed by atoms with Crippen LogP contribution in [0.5, 0.6) is 0 Å². The lowest BCUT2D eigenvalue weighted by Crippen LogP contribution is -2.14. The first-order valence-electron chi connectivity index (χ1n) is 8.68. The maximum absolute atomic E-state index is 12.8. The van der Waals surface area contributed by atoms with Crippen molar-refractivity contribution in [2.45, 2.75) is 12.6 Å². The normalized spacial score (nSPS) is 11.6. The fourth-order valence-electron chi connectivity index (χ4n) is 2.99. The van der Waals surface area contributed by atoms with E-state index in [4.69, 9.17) is 0 Å². The van der Waals surface area contributed by atoms with Crippen molar-refractivity contribution in [3.05, 3.63) is 94.2 Å². The molecule has 0 aliphatic carbocycles. The smallest absolute Gasteiger partial charge is 0.329 e. The standard InChI is InChI=1S/C21H14F3N3O2/c22-21(23,24)20-26-18(27-29-20)16-10-11-25-19(28)17(16)12-13-6-8-15(9-7-13)14-4-2-1-3-5-14/h1-11H,12H2,(H,25,28). The van der Waals surface area contributed by atoms with Crippen LogP contribution in [-0.4, -0.2) is 15.1 Å². The second-order valence-corrected chi connectivity index (χ2v) is 6.36. The third kappa shape index (κ3) is 3.96. The molecule has 5 nitrogen and oxygen atoms in total. The Morgan fingerprint density at radius 1 is 0.931 bits per heavy atom. The van der Waals surface area contributed by atoms with Crippen molar-refractivity contribution < 1.29 is 17.7 Å². The summed E-state index contributed by atoms with van der Waals surface area (Å²) in [6, 6.07) is 18.9. The van der Waals surface area contributed by atoms with Gasteiger partial charge in [0.1, 0.15) is 0 Å². The molecule has 0 aliphatic heterocycles. The van der Waals surface area contributed by atoms with Gasteiger partial charge in [0, 0.05) is 23.7 Å². The highest BCUT2D eigenvalue weighted by Gasteiger charge is 2.38. The largest absolute Gasteiger partial charge is 0.471 e. The zero-order valence-corrected chi connectivity index (χ0v) is 14.9. The maximum Gasteiger partial charge on any atom is 0.471 e. The third-order valence-corrected chi connectivity index (χ3v) is 4.42. The second-order valence-electron chi connectivity index (χ2n) is 6.36. The summed E-state index contributed by atoms with van der Waals surface area (Å²) in [5.41, 5.74) is 2.93. The lowest BCUT2D eigenvalue weighted by atomic mass is 9.98. The number of hydrogen-bond donors (Lipinski definition) is 1. The second kappa shape index (κ2) is 7.38. The van der Waals surface area contributed by atoms with Crippen LogP contribution in [0.15, 0.2) is 76.2 Å². The lowest BCUT2D eigenvalue weighted by Gasteiger charge is -2.07. The van der Waals surface area contributed by atoms with Crippen LogP contribution < -0.4 is 5.56 Å². The summed E-state index contributed by atoms with van der Waals surface area (Å²) in [5, 5.41) is 3.39. The summed E-state index contributed by atoms with van der Waals surface area (Å²) < 4.78 is 42.6. The van der Waals surface area contributed by atoms with Gasteiger partial charge in [-0.3, -0.25) is 4.79 Å². The molecular weight excluding hydrogens is 383 g/mol. The minimum absolute atomic E-state index is 0.195. The average molecular weight is 397 g/mol. The van der Waals surface area contributed by atoms with Crippen LogP contribution in [0, 0.1) is 0 Å². The molecule has 4 aromatic rings. The van der Waals surface area contributed by atoms with Gasteiger partial charge in [0.05, 0.1) is 0 Å². The number of nitrogens with one attached hydrogen (secondary N) is 1. The minimum atomic E-state index is -4.75. The van der Waals surface area contributed by atoms with E-state index in [1.807, 2.05) is 54.6 Å². The van der Waals surface area contributed by atoms with Crippen molar-refractivity contribution >= 4 is 0 Å². The molecule has 8 heteroatoms. The highest BCUT2D eigenvalue weighted by atomic mass is 19.4. The van der Waals surface area contributed by atoms with Gasteiger partial charge in [0.15, 0.2) is 0 Å². The molecule has 0 atom stereocenters. The monoisotopic (exact) mass is 397 g/mol. The molecule has 2 aromatic carbocycles. The molecule has 0 amide bonds. The molecule has 2 heterocycles. The molecule has 29 heavy (non-hydrogen) atoms. The van der Waals surface area contributed by atoms with E-state index in [2.05, 4.69) is 19.6 Å². The van der Waals surface area contributed by atoms with Crippen LogP contribution >= 0.6 is 0 Å². The molecule has 4 rings (SSSR count). The van der Waals surface area contributed by atoms with Gasteiger partial charge in [-0.15, -0.1) is 0 Å². The van der Waals surface area contributed by atoms with Crippen molar-refractivity contribution in [1.29, 1.82) is 0 Å². The zero-order valence-electron chi connectivity index (χ0n) is 14.9. The van der Waals surface area contributed by atoms with E-state index in [1.54, 1.807) is 0 Å². The predicted molar refractivity (Wildman–Crippen MR) is 100 cm³/mol. The molecule has 2 aromatic heterocycles. The highest BCUT2D eigenvalue weighted by Crippen LogP contribution is 2.30.